The van der Waals surface area contributed by atoms with Crippen molar-refractivity contribution in [1.82, 2.24) is 0 Å². The van der Waals surface area contributed by atoms with Crippen LogP contribution in [0.1, 0.15) is 82.6 Å². The molecule has 1 saturated heterocycles. The molecule has 0 aromatic heterocycles. The molecule has 1 atom stereocenters. The maximum atomic E-state index is 13.1. The normalized spacial score (nSPS) is 28.4. The van der Waals surface area contributed by atoms with Gasteiger partial charge in [0.2, 0.25) is 0 Å². The topological polar surface area (TPSA) is 20.2 Å². The van der Waals surface area contributed by atoms with E-state index in [0.29, 0.717) is 17.8 Å². The predicted molar refractivity (Wildman–Crippen MR) is 123 cm³/mol. The fourth-order valence-corrected chi connectivity index (χ4v) is 8.95. The fraction of sp³-hybridized carbons (Fsp3) is 0.692. The van der Waals surface area contributed by atoms with Crippen molar-refractivity contribution in [1.29, 1.82) is 0 Å². The number of unbranched alkanes of at least 4 members (excludes halogenated alkanes) is 2. The van der Waals surface area contributed by atoms with Crippen molar-refractivity contribution in [3.05, 3.63) is 35.6 Å². The Bertz CT molecular complexity index is 646. The van der Waals surface area contributed by atoms with Gasteiger partial charge >= 0.3 is 0 Å². The molecule has 1 aromatic rings. The van der Waals surface area contributed by atoms with Gasteiger partial charge in [0.25, 0.3) is 0 Å². The minimum Gasteiger partial charge on any atom is -0.380 e. The molecule has 160 valence electrons. The summed E-state index contributed by atoms with van der Waals surface area (Å²) in [5, 5.41) is 10.4. The van der Waals surface area contributed by atoms with Crippen molar-refractivity contribution >= 4 is 8.80 Å². The first-order chi connectivity index (χ1) is 14.1. The Labute approximate surface area is 179 Å². The third-order valence-electron chi connectivity index (χ3n) is 7.26. The van der Waals surface area contributed by atoms with E-state index in [4.69, 9.17) is 0 Å². The van der Waals surface area contributed by atoms with E-state index in [9.17, 15) is 9.50 Å². The predicted octanol–water partition coefficient (Wildman–Crippen LogP) is 6.68. The van der Waals surface area contributed by atoms with Gasteiger partial charge in [0.1, 0.15) is 11.9 Å². The van der Waals surface area contributed by atoms with Crippen LogP contribution in [0.5, 0.6) is 0 Å². The molecule has 1 aliphatic carbocycles. The van der Waals surface area contributed by atoms with Crippen molar-refractivity contribution in [3.63, 3.8) is 0 Å². The molecule has 1 unspecified atom stereocenters. The minimum atomic E-state index is -0.454. The van der Waals surface area contributed by atoms with Crippen LogP contribution in [0.25, 0.3) is 0 Å². The van der Waals surface area contributed by atoms with Crippen molar-refractivity contribution < 1.29 is 9.50 Å². The largest absolute Gasteiger partial charge is 0.380 e. The molecule has 29 heavy (non-hydrogen) atoms. The molecule has 0 amide bonds. The lowest BCUT2D eigenvalue weighted by Crippen LogP contribution is -2.23. The highest BCUT2D eigenvalue weighted by molar-refractivity contribution is 6.58. The van der Waals surface area contributed by atoms with Crippen LogP contribution < -0.4 is 0 Å². The van der Waals surface area contributed by atoms with Gasteiger partial charge in [-0.3, -0.25) is 0 Å². The van der Waals surface area contributed by atoms with Crippen LogP contribution in [0, 0.1) is 29.5 Å². The maximum Gasteiger partial charge on any atom is 0.123 e. The van der Waals surface area contributed by atoms with Crippen molar-refractivity contribution in [2.45, 2.75) is 101 Å². The van der Waals surface area contributed by atoms with E-state index in [0.717, 1.165) is 32.1 Å². The number of halogens is 1. The Morgan fingerprint density at radius 1 is 1.03 bits per heavy atom. The highest BCUT2D eigenvalue weighted by Gasteiger charge is 2.24. The Morgan fingerprint density at radius 2 is 1.72 bits per heavy atom. The third kappa shape index (κ3) is 7.57. The second-order valence-corrected chi connectivity index (χ2v) is 13.0. The van der Waals surface area contributed by atoms with Gasteiger partial charge in [0.15, 0.2) is 0 Å². The summed E-state index contributed by atoms with van der Waals surface area (Å²) in [4.78, 5) is 0. The van der Waals surface area contributed by atoms with Gasteiger partial charge in [-0.1, -0.05) is 81.1 Å². The average molecular weight is 415 g/mol. The Balaban J connectivity index is 1.35. The van der Waals surface area contributed by atoms with Crippen LogP contribution in [-0.4, -0.2) is 20.0 Å². The third-order valence-corrected chi connectivity index (χ3v) is 10.8. The summed E-state index contributed by atoms with van der Waals surface area (Å²) in [7, 11) is -0.454. The summed E-state index contributed by atoms with van der Waals surface area (Å²) in [5.74, 6) is 8.06. The number of aliphatic hydroxyl groups excluding tert-OH is 1. The average Bonchev–Trinajstić information content (AvgIpc) is 2.75. The van der Waals surface area contributed by atoms with E-state index in [-0.39, 0.29) is 5.82 Å². The SMILES string of the molecule is CCCCC[Si@H]1CC[C@H](CC(O)C#C[C@H]2CC[C@H](c3ccc(F)cc3)CC2)CC1. The molecule has 1 nitrogen and oxygen atoms in total. The smallest absolute Gasteiger partial charge is 0.123 e. The quantitative estimate of drug-likeness (QED) is 0.300. The number of hydrogen-bond donors (Lipinski definition) is 1. The van der Waals surface area contributed by atoms with Crippen molar-refractivity contribution in [2.75, 3.05) is 0 Å². The zero-order valence-corrected chi connectivity index (χ0v) is 19.4. The molecule has 1 heterocycles. The van der Waals surface area contributed by atoms with E-state index >= 15 is 0 Å². The molecular weight excluding hydrogens is 375 g/mol. The summed E-state index contributed by atoms with van der Waals surface area (Å²) in [6.07, 6.45) is 11.7. The zero-order valence-electron chi connectivity index (χ0n) is 18.2. The molecule has 3 rings (SSSR count). The number of rotatable bonds is 7. The maximum absolute atomic E-state index is 13.1. The van der Waals surface area contributed by atoms with Gasteiger partial charge in [-0.25, -0.2) is 4.39 Å². The molecule has 1 aliphatic heterocycles. The van der Waals surface area contributed by atoms with Crippen LogP contribution >= 0.6 is 0 Å². The van der Waals surface area contributed by atoms with Crippen LogP contribution in [0.15, 0.2) is 24.3 Å². The van der Waals surface area contributed by atoms with Crippen LogP contribution in [0.4, 0.5) is 4.39 Å². The lowest BCUT2D eigenvalue weighted by atomic mass is 9.79. The van der Waals surface area contributed by atoms with Gasteiger partial charge in [0.05, 0.1) is 0 Å². The Morgan fingerprint density at radius 3 is 2.38 bits per heavy atom. The highest BCUT2D eigenvalue weighted by Crippen LogP contribution is 2.35. The van der Waals surface area contributed by atoms with Crippen LogP contribution in [0.2, 0.25) is 18.1 Å². The fourth-order valence-electron chi connectivity index (χ4n) is 5.33. The lowest BCUT2D eigenvalue weighted by molar-refractivity contribution is 0.189. The Hall–Kier alpha value is -1.11. The van der Waals surface area contributed by atoms with Crippen LogP contribution in [0.3, 0.4) is 0 Å². The van der Waals surface area contributed by atoms with Gasteiger partial charge in [-0.2, -0.15) is 0 Å². The van der Waals surface area contributed by atoms with Gasteiger partial charge in [-0.05, 0) is 61.6 Å². The zero-order chi connectivity index (χ0) is 20.5. The standard InChI is InChI=1S/C26H39FOSi/c1-2-3-4-17-29-18-15-22(16-19-29)20-26(28)14-7-21-5-8-23(9-6-21)24-10-12-25(27)13-11-24/h10-13,21-23,26,28-29H,2-6,8-9,15-20H2,1H3/t21-,22-,23-,26?,29-. The molecule has 2 aliphatic rings. The van der Waals surface area contributed by atoms with E-state index in [2.05, 4.69) is 18.8 Å². The molecule has 0 radical (unpaired) electrons. The summed E-state index contributed by atoms with van der Waals surface area (Å²) >= 11 is 0. The number of benzene rings is 1. The first kappa shape index (κ1) is 22.6. The molecule has 0 bridgehead atoms. The molecule has 3 heteroatoms. The van der Waals surface area contributed by atoms with Crippen molar-refractivity contribution in [2.24, 2.45) is 11.8 Å². The highest BCUT2D eigenvalue weighted by atomic mass is 28.3. The van der Waals surface area contributed by atoms with E-state index in [1.807, 2.05) is 12.1 Å². The van der Waals surface area contributed by atoms with E-state index in [1.165, 1.54) is 49.8 Å². The second kappa shape index (κ2) is 11.9. The summed E-state index contributed by atoms with van der Waals surface area (Å²) in [6, 6.07) is 11.5. The summed E-state index contributed by atoms with van der Waals surface area (Å²) < 4.78 is 13.1. The van der Waals surface area contributed by atoms with Crippen LogP contribution in [-0.2, 0) is 0 Å². The second-order valence-electron chi connectivity index (χ2n) is 9.52. The monoisotopic (exact) mass is 414 g/mol. The first-order valence-corrected chi connectivity index (χ1v) is 14.5. The van der Waals surface area contributed by atoms with E-state index < -0.39 is 14.9 Å². The molecule has 1 saturated carbocycles. The minimum absolute atomic E-state index is 0.158. The Kier molecular flexibility index (Phi) is 9.27. The number of aliphatic hydroxyl groups is 1. The van der Waals surface area contributed by atoms with Gasteiger partial charge < -0.3 is 5.11 Å². The summed E-state index contributed by atoms with van der Waals surface area (Å²) in [5.41, 5.74) is 1.26. The lowest BCUT2D eigenvalue weighted by Gasteiger charge is -2.28. The summed E-state index contributed by atoms with van der Waals surface area (Å²) in [6.45, 7) is 2.29. The van der Waals surface area contributed by atoms with E-state index in [1.54, 1.807) is 18.2 Å². The molecule has 0 spiro atoms. The van der Waals surface area contributed by atoms with Gasteiger partial charge in [0, 0.05) is 14.7 Å². The molecule has 1 aromatic carbocycles. The number of hydrogen-bond acceptors (Lipinski definition) is 1. The van der Waals surface area contributed by atoms with Gasteiger partial charge in [-0.15, -0.1) is 0 Å². The van der Waals surface area contributed by atoms with Crippen molar-refractivity contribution in [3.8, 4) is 11.8 Å². The molecule has 2 fully saturated rings. The molecular formula is C26H39FOSi. The molecule has 1 N–H and O–H groups in total. The first-order valence-electron chi connectivity index (χ1n) is 12.1.